The van der Waals surface area contributed by atoms with E-state index in [0.717, 1.165) is 16.0 Å². The van der Waals surface area contributed by atoms with E-state index < -0.39 is 5.97 Å². The van der Waals surface area contributed by atoms with Crippen molar-refractivity contribution < 1.29 is 23.8 Å². The Morgan fingerprint density at radius 1 is 1.06 bits per heavy atom. The third-order valence-electron chi connectivity index (χ3n) is 4.79. The van der Waals surface area contributed by atoms with Crippen molar-refractivity contribution in [2.45, 2.75) is 20.3 Å². The van der Waals surface area contributed by atoms with Gasteiger partial charge in [0.25, 0.3) is 0 Å². The van der Waals surface area contributed by atoms with Crippen molar-refractivity contribution in [2.75, 3.05) is 26.1 Å². The number of rotatable bonds is 8. The molecule has 0 fully saturated rings. The first kappa shape index (κ1) is 23.6. The molecule has 32 heavy (non-hydrogen) atoms. The van der Waals surface area contributed by atoms with E-state index in [-0.39, 0.29) is 18.9 Å². The van der Waals surface area contributed by atoms with Crippen molar-refractivity contribution in [3.63, 3.8) is 0 Å². The summed E-state index contributed by atoms with van der Waals surface area (Å²) >= 11 is 7.35. The van der Waals surface area contributed by atoms with Crippen LogP contribution in [0.25, 0.3) is 11.1 Å². The van der Waals surface area contributed by atoms with Crippen LogP contribution in [-0.4, -0.2) is 32.7 Å². The Morgan fingerprint density at radius 3 is 2.41 bits per heavy atom. The molecule has 1 heterocycles. The summed E-state index contributed by atoms with van der Waals surface area (Å²) in [4.78, 5) is 26.6. The van der Waals surface area contributed by atoms with Crippen LogP contribution in [0.15, 0.2) is 42.5 Å². The molecule has 1 aromatic heterocycles. The molecule has 0 aliphatic heterocycles. The van der Waals surface area contributed by atoms with E-state index in [0.29, 0.717) is 32.6 Å². The highest BCUT2D eigenvalue weighted by molar-refractivity contribution is 7.17. The predicted molar refractivity (Wildman–Crippen MR) is 127 cm³/mol. The fraction of sp³-hybridized carbons (Fsp3) is 0.250. The normalized spacial score (nSPS) is 10.5. The Balaban J connectivity index is 1.94. The van der Waals surface area contributed by atoms with Crippen LogP contribution in [0.2, 0.25) is 5.02 Å². The third-order valence-corrected chi connectivity index (χ3v) is 6.07. The second-order valence-corrected chi connectivity index (χ2v) is 8.53. The average molecular weight is 474 g/mol. The highest BCUT2D eigenvalue weighted by Gasteiger charge is 2.25. The van der Waals surface area contributed by atoms with Gasteiger partial charge in [0, 0.05) is 27.1 Å². The molecule has 0 saturated heterocycles. The molecule has 0 saturated carbocycles. The smallest absolute Gasteiger partial charge is 0.341 e. The van der Waals surface area contributed by atoms with Crippen molar-refractivity contribution in [3.05, 3.63) is 63.5 Å². The van der Waals surface area contributed by atoms with E-state index in [2.05, 4.69) is 5.32 Å². The lowest BCUT2D eigenvalue weighted by Crippen LogP contribution is -2.17. The van der Waals surface area contributed by atoms with Gasteiger partial charge < -0.3 is 19.5 Å². The monoisotopic (exact) mass is 473 g/mol. The summed E-state index contributed by atoms with van der Waals surface area (Å²) in [6, 6.07) is 12.5. The number of esters is 1. The molecule has 0 aliphatic carbocycles. The number of carbonyl (C=O) groups is 2. The summed E-state index contributed by atoms with van der Waals surface area (Å²) in [6.45, 7) is 3.87. The van der Waals surface area contributed by atoms with Crippen LogP contribution in [0, 0.1) is 6.92 Å². The van der Waals surface area contributed by atoms with Gasteiger partial charge in [-0.2, -0.15) is 0 Å². The molecule has 1 N–H and O–H groups in total. The minimum Gasteiger partial charge on any atom is -0.497 e. The van der Waals surface area contributed by atoms with Crippen molar-refractivity contribution in [3.8, 4) is 22.6 Å². The van der Waals surface area contributed by atoms with Gasteiger partial charge in [0.1, 0.15) is 22.1 Å². The molecule has 168 valence electrons. The van der Waals surface area contributed by atoms with Crippen molar-refractivity contribution in [1.82, 2.24) is 0 Å². The van der Waals surface area contributed by atoms with E-state index in [1.165, 1.54) is 18.4 Å². The number of amides is 1. The molecule has 0 atom stereocenters. The molecule has 2 aromatic carbocycles. The summed E-state index contributed by atoms with van der Waals surface area (Å²) in [5, 5.41) is 3.93. The number of aryl methyl sites for hydroxylation is 1. The van der Waals surface area contributed by atoms with Gasteiger partial charge in [0.2, 0.25) is 5.91 Å². The van der Waals surface area contributed by atoms with E-state index in [1.807, 2.05) is 19.1 Å². The van der Waals surface area contributed by atoms with Crippen LogP contribution in [0.3, 0.4) is 0 Å². The number of carbonyl (C=O) groups excluding carboxylic acids is 2. The molecular formula is C24H24ClNO5S. The molecule has 8 heteroatoms. The maximum atomic E-state index is 12.9. The van der Waals surface area contributed by atoms with E-state index in [1.54, 1.807) is 44.4 Å². The Kier molecular flexibility index (Phi) is 7.77. The zero-order valence-electron chi connectivity index (χ0n) is 18.3. The van der Waals surface area contributed by atoms with Gasteiger partial charge in [-0.05, 0) is 37.6 Å². The van der Waals surface area contributed by atoms with E-state index >= 15 is 0 Å². The SMILES string of the molecule is CCOC(=O)c1c(NC(=O)Cc2ccc(OC)cc2OC)sc(C)c1-c1ccc(Cl)cc1. The number of thiophene rings is 1. The average Bonchev–Trinajstić information content (AvgIpc) is 3.10. The van der Waals surface area contributed by atoms with Crippen LogP contribution < -0.4 is 14.8 Å². The lowest BCUT2D eigenvalue weighted by atomic mass is 10.0. The van der Waals surface area contributed by atoms with Gasteiger partial charge in [-0.3, -0.25) is 4.79 Å². The first-order valence-corrected chi connectivity index (χ1v) is 11.1. The standard InChI is InChI=1S/C24H24ClNO5S/c1-5-31-24(28)22-21(15-6-9-17(25)10-7-15)14(2)32-23(22)26-20(27)12-16-8-11-18(29-3)13-19(16)30-4/h6-11,13H,5,12H2,1-4H3,(H,26,27). The Labute approximate surface area is 196 Å². The summed E-state index contributed by atoms with van der Waals surface area (Å²) in [5.41, 5.74) is 2.59. The molecule has 0 unspecified atom stereocenters. The highest BCUT2D eigenvalue weighted by Crippen LogP contribution is 2.41. The minimum absolute atomic E-state index is 0.0721. The van der Waals surface area contributed by atoms with Crippen LogP contribution in [0.1, 0.15) is 27.7 Å². The molecule has 0 aliphatic rings. The lowest BCUT2D eigenvalue weighted by molar-refractivity contribution is -0.115. The number of methoxy groups -OCH3 is 2. The van der Waals surface area contributed by atoms with Gasteiger partial charge >= 0.3 is 5.97 Å². The molecule has 1 amide bonds. The van der Waals surface area contributed by atoms with Crippen molar-refractivity contribution in [1.29, 1.82) is 0 Å². The summed E-state index contributed by atoms with van der Waals surface area (Å²) in [5.74, 6) is 0.425. The minimum atomic E-state index is -0.487. The lowest BCUT2D eigenvalue weighted by Gasteiger charge is -2.11. The molecular weight excluding hydrogens is 450 g/mol. The van der Waals surface area contributed by atoms with Crippen LogP contribution in [0.5, 0.6) is 11.5 Å². The van der Waals surface area contributed by atoms with Crippen LogP contribution >= 0.6 is 22.9 Å². The zero-order valence-corrected chi connectivity index (χ0v) is 19.9. The Bertz CT molecular complexity index is 1120. The number of halogens is 1. The van der Waals surface area contributed by atoms with Crippen LogP contribution in [-0.2, 0) is 16.0 Å². The van der Waals surface area contributed by atoms with Crippen molar-refractivity contribution >= 4 is 39.8 Å². The predicted octanol–water partition coefficient (Wildman–Crippen LogP) is 5.75. The van der Waals surface area contributed by atoms with E-state index in [4.69, 9.17) is 25.8 Å². The fourth-order valence-corrected chi connectivity index (χ4v) is 4.54. The molecule has 0 spiro atoms. The Morgan fingerprint density at radius 2 is 1.78 bits per heavy atom. The number of benzene rings is 2. The summed E-state index contributed by atoms with van der Waals surface area (Å²) in [7, 11) is 3.10. The topological polar surface area (TPSA) is 73.9 Å². The summed E-state index contributed by atoms with van der Waals surface area (Å²) < 4.78 is 15.9. The number of hydrogen-bond donors (Lipinski definition) is 1. The fourth-order valence-electron chi connectivity index (χ4n) is 3.34. The number of nitrogens with one attached hydrogen (secondary N) is 1. The van der Waals surface area contributed by atoms with Gasteiger partial charge in [-0.15, -0.1) is 11.3 Å². The van der Waals surface area contributed by atoms with Crippen LogP contribution in [0.4, 0.5) is 5.00 Å². The van der Waals surface area contributed by atoms with Gasteiger partial charge in [-0.25, -0.2) is 4.79 Å². The van der Waals surface area contributed by atoms with Gasteiger partial charge in [-0.1, -0.05) is 29.8 Å². The maximum Gasteiger partial charge on any atom is 0.341 e. The maximum absolute atomic E-state index is 12.9. The zero-order chi connectivity index (χ0) is 23.3. The first-order valence-electron chi connectivity index (χ1n) is 9.95. The molecule has 3 rings (SSSR count). The quantitative estimate of drug-likeness (QED) is 0.421. The summed E-state index contributed by atoms with van der Waals surface area (Å²) in [6.07, 6.45) is 0.0721. The number of hydrogen-bond acceptors (Lipinski definition) is 6. The van der Waals surface area contributed by atoms with Crippen molar-refractivity contribution in [2.24, 2.45) is 0 Å². The Hall–Kier alpha value is -3.03. The van der Waals surface area contributed by atoms with Gasteiger partial charge in [0.05, 0.1) is 27.2 Å². The molecule has 3 aromatic rings. The third kappa shape index (κ3) is 5.23. The highest BCUT2D eigenvalue weighted by atomic mass is 35.5. The number of ether oxygens (including phenoxy) is 3. The van der Waals surface area contributed by atoms with E-state index in [9.17, 15) is 9.59 Å². The first-order chi connectivity index (χ1) is 15.4. The second-order valence-electron chi connectivity index (χ2n) is 6.87. The number of anilines is 1. The molecule has 6 nitrogen and oxygen atoms in total. The molecule has 0 bridgehead atoms. The largest absolute Gasteiger partial charge is 0.497 e. The second kappa shape index (κ2) is 10.5. The molecule has 0 radical (unpaired) electrons. The van der Waals surface area contributed by atoms with Gasteiger partial charge in [0.15, 0.2) is 0 Å².